The van der Waals surface area contributed by atoms with Crippen LogP contribution < -0.4 is 10.5 Å². The number of nitrogens with two attached hydrogens (primary N) is 1. The van der Waals surface area contributed by atoms with Gasteiger partial charge in [0.1, 0.15) is 11.4 Å². The molecule has 0 saturated heterocycles. The minimum absolute atomic E-state index is 0.175. The van der Waals surface area contributed by atoms with Crippen LogP contribution in [-0.4, -0.2) is 17.9 Å². The summed E-state index contributed by atoms with van der Waals surface area (Å²) in [5, 5.41) is 0.847. The van der Waals surface area contributed by atoms with Gasteiger partial charge in [0.25, 0.3) is 0 Å². The highest BCUT2D eigenvalue weighted by Crippen LogP contribution is 2.22. The van der Waals surface area contributed by atoms with Gasteiger partial charge in [-0.25, -0.2) is 4.98 Å². The molecule has 2 N–H and O–H groups in total. The van der Waals surface area contributed by atoms with Gasteiger partial charge in [-0.1, -0.05) is 30.3 Å². The number of methoxy groups -OCH3 is 1. The van der Waals surface area contributed by atoms with Crippen LogP contribution in [0, 0.1) is 0 Å². The summed E-state index contributed by atoms with van der Waals surface area (Å²) in [7, 11) is 1.57. The Morgan fingerprint density at radius 3 is 2.71 bits per heavy atom. The van der Waals surface area contributed by atoms with Crippen LogP contribution in [0.4, 0.5) is 5.69 Å². The minimum atomic E-state index is -0.175. The van der Waals surface area contributed by atoms with Crippen molar-refractivity contribution in [3.63, 3.8) is 0 Å². The lowest BCUT2D eigenvalue weighted by molar-refractivity contribution is 0.103. The Balaban J connectivity index is 2.09. The van der Waals surface area contributed by atoms with E-state index in [1.807, 2.05) is 24.3 Å². The summed E-state index contributed by atoms with van der Waals surface area (Å²) in [5.74, 6) is 0.459. The number of nitrogens with zero attached hydrogens (tertiary/aromatic N) is 1. The smallest absolute Gasteiger partial charge is 0.211 e. The fourth-order valence-electron chi connectivity index (χ4n) is 2.23. The summed E-state index contributed by atoms with van der Waals surface area (Å²) in [6, 6.07) is 16.1. The third-order valence-electron chi connectivity index (χ3n) is 3.31. The number of hydrogen-bond acceptors (Lipinski definition) is 4. The van der Waals surface area contributed by atoms with Crippen molar-refractivity contribution in [3.05, 3.63) is 65.9 Å². The second kappa shape index (κ2) is 5.25. The topological polar surface area (TPSA) is 65.2 Å². The lowest BCUT2D eigenvalue weighted by atomic mass is 10.1. The first kappa shape index (κ1) is 13.1. The number of hydrogen-bond donors (Lipinski definition) is 1. The van der Waals surface area contributed by atoms with E-state index in [0.29, 0.717) is 28.2 Å². The van der Waals surface area contributed by atoms with Gasteiger partial charge in [0.05, 0.1) is 12.6 Å². The van der Waals surface area contributed by atoms with Crippen molar-refractivity contribution in [2.75, 3.05) is 12.8 Å². The highest BCUT2D eigenvalue weighted by Gasteiger charge is 2.13. The predicted molar refractivity (Wildman–Crippen MR) is 82.6 cm³/mol. The fraction of sp³-hybridized carbons (Fsp3) is 0.0588. The molecular formula is C17H14N2O2. The lowest BCUT2D eigenvalue weighted by Gasteiger charge is -2.07. The number of ether oxygens (including phenoxy) is 1. The molecule has 4 heteroatoms. The van der Waals surface area contributed by atoms with Gasteiger partial charge in [-0.15, -0.1) is 0 Å². The SMILES string of the molecule is COc1cccc(C(=O)c2cc(N)c3ccccc3n2)c1. The lowest BCUT2D eigenvalue weighted by Crippen LogP contribution is -2.06. The Labute approximate surface area is 122 Å². The predicted octanol–water partition coefficient (Wildman–Crippen LogP) is 3.06. The molecule has 3 rings (SSSR count). The van der Waals surface area contributed by atoms with Gasteiger partial charge < -0.3 is 10.5 Å². The number of aromatic nitrogens is 1. The number of benzene rings is 2. The number of pyridine rings is 1. The third kappa shape index (κ3) is 2.43. The normalized spacial score (nSPS) is 10.5. The monoisotopic (exact) mass is 278 g/mol. The molecule has 0 aliphatic carbocycles. The summed E-state index contributed by atoms with van der Waals surface area (Å²) in [6.07, 6.45) is 0. The molecule has 1 aromatic heterocycles. The van der Waals surface area contributed by atoms with E-state index in [-0.39, 0.29) is 5.78 Å². The number of para-hydroxylation sites is 1. The Morgan fingerprint density at radius 1 is 1.10 bits per heavy atom. The van der Waals surface area contributed by atoms with Crippen LogP contribution in [0.5, 0.6) is 5.75 Å². The maximum Gasteiger partial charge on any atom is 0.211 e. The van der Waals surface area contributed by atoms with Crippen LogP contribution in [0.1, 0.15) is 16.1 Å². The summed E-state index contributed by atoms with van der Waals surface area (Å²) in [6.45, 7) is 0. The van der Waals surface area contributed by atoms with Crippen LogP contribution in [0.15, 0.2) is 54.6 Å². The molecule has 2 aromatic carbocycles. The molecule has 3 aromatic rings. The van der Waals surface area contributed by atoms with E-state index in [1.165, 1.54) is 0 Å². The van der Waals surface area contributed by atoms with E-state index in [0.717, 1.165) is 5.39 Å². The number of carbonyl (C=O) groups excluding carboxylic acids is 1. The minimum Gasteiger partial charge on any atom is -0.497 e. The fourth-order valence-corrected chi connectivity index (χ4v) is 2.23. The number of carbonyl (C=O) groups is 1. The van der Waals surface area contributed by atoms with E-state index in [4.69, 9.17) is 10.5 Å². The Morgan fingerprint density at radius 2 is 1.90 bits per heavy atom. The van der Waals surface area contributed by atoms with Crippen molar-refractivity contribution in [2.24, 2.45) is 0 Å². The van der Waals surface area contributed by atoms with Crippen LogP contribution in [-0.2, 0) is 0 Å². The summed E-state index contributed by atoms with van der Waals surface area (Å²) < 4.78 is 5.14. The van der Waals surface area contributed by atoms with Crippen molar-refractivity contribution in [1.82, 2.24) is 4.98 Å². The van der Waals surface area contributed by atoms with Crippen molar-refractivity contribution >= 4 is 22.4 Å². The van der Waals surface area contributed by atoms with E-state index in [2.05, 4.69) is 4.98 Å². The van der Waals surface area contributed by atoms with Crippen LogP contribution in [0.3, 0.4) is 0 Å². The molecule has 104 valence electrons. The van der Waals surface area contributed by atoms with Gasteiger partial charge in [0.2, 0.25) is 5.78 Å². The quantitative estimate of drug-likeness (QED) is 0.748. The zero-order chi connectivity index (χ0) is 14.8. The van der Waals surface area contributed by atoms with Gasteiger partial charge in [-0.3, -0.25) is 4.79 Å². The molecule has 21 heavy (non-hydrogen) atoms. The largest absolute Gasteiger partial charge is 0.497 e. The number of anilines is 1. The summed E-state index contributed by atoms with van der Waals surface area (Å²) >= 11 is 0. The van der Waals surface area contributed by atoms with Crippen LogP contribution in [0.2, 0.25) is 0 Å². The highest BCUT2D eigenvalue weighted by molar-refractivity contribution is 6.10. The number of ketones is 1. The van der Waals surface area contributed by atoms with E-state index >= 15 is 0 Å². The van der Waals surface area contributed by atoms with Crippen LogP contribution in [0.25, 0.3) is 10.9 Å². The zero-order valence-electron chi connectivity index (χ0n) is 11.5. The second-order valence-corrected chi connectivity index (χ2v) is 4.67. The molecule has 0 aliphatic rings. The molecule has 0 radical (unpaired) electrons. The molecular weight excluding hydrogens is 264 g/mol. The molecule has 0 amide bonds. The molecule has 0 bridgehead atoms. The first-order valence-corrected chi connectivity index (χ1v) is 6.53. The molecule has 0 aliphatic heterocycles. The second-order valence-electron chi connectivity index (χ2n) is 4.67. The van der Waals surface area contributed by atoms with Gasteiger partial charge in [0, 0.05) is 16.6 Å². The van der Waals surface area contributed by atoms with Crippen molar-refractivity contribution in [2.45, 2.75) is 0 Å². The highest BCUT2D eigenvalue weighted by atomic mass is 16.5. The molecule has 0 unspecified atom stereocenters. The molecule has 0 atom stereocenters. The first-order chi connectivity index (χ1) is 10.2. The van der Waals surface area contributed by atoms with E-state index < -0.39 is 0 Å². The van der Waals surface area contributed by atoms with Crippen molar-refractivity contribution in [1.29, 1.82) is 0 Å². The average Bonchev–Trinajstić information content (AvgIpc) is 2.54. The van der Waals surface area contributed by atoms with Gasteiger partial charge >= 0.3 is 0 Å². The third-order valence-corrected chi connectivity index (χ3v) is 3.31. The van der Waals surface area contributed by atoms with E-state index in [9.17, 15) is 4.79 Å². The maximum atomic E-state index is 12.5. The van der Waals surface area contributed by atoms with Crippen molar-refractivity contribution in [3.8, 4) is 5.75 Å². The van der Waals surface area contributed by atoms with Gasteiger partial charge in [0.15, 0.2) is 0 Å². The number of rotatable bonds is 3. The van der Waals surface area contributed by atoms with Gasteiger partial charge in [-0.2, -0.15) is 0 Å². The van der Waals surface area contributed by atoms with Gasteiger partial charge in [-0.05, 0) is 24.3 Å². The Bertz CT molecular complexity index is 828. The molecule has 1 heterocycles. The zero-order valence-corrected chi connectivity index (χ0v) is 11.5. The summed E-state index contributed by atoms with van der Waals surface area (Å²) in [4.78, 5) is 16.9. The molecule has 0 saturated carbocycles. The average molecular weight is 278 g/mol. The standard InChI is InChI=1S/C17H14N2O2/c1-21-12-6-4-5-11(9-12)17(20)16-10-14(18)13-7-2-3-8-15(13)19-16/h2-10H,1H3,(H2,18,19). The Hall–Kier alpha value is -2.88. The van der Waals surface area contributed by atoms with Crippen LogP contribution >= 0.6 is 0 Å². The molecule has 4 nitrogen and oxygen atoms in total. The molecule has 0 spiro atoms. The number of nitrogen functional groups attached to an aromatic ring is 1. The van der Waals surface area contributed by atoms with Crippen molar-refractivity contribution < 1.29 is 9.53 Å². The Kier molecular flexibility index (Phi) is 3.28. The first-order valence-electron chi connectivity index (χ1n) is 6.53. The maximum absolute atomic E-state index is 12.5. The number of fused-ring (bicyclic) bond motifs is 1. The molecule has 0 fully saturated rings. The van der Waals surface area contributed by atoms with E-state index in [1.54, 1.807) is 37.4 Å². The summed E-state index contributed by atoms with van der Waals surface area (Å²) in [5.41, 5.74) is 8.13.